The number of anilines is 1. The maximum atomic E-state index is 12.7. The molecule has 2 aromatic carbocycles. The number of para-hydroxylation sites is 1. The molecule has 7 N–H and O–H groups in total. The van der Waals surface area contributed by atoms with Crippen molar-refractivity contribution in [3.8, 4) is 11.5 Å². The van der Waals surface area contributed by atoms with Gasteiger partial charge in [0.05, 0.1) is 6.04 Å². The summed E-state index contributed by atoms with van der Waals surface area (Å²) in [5, 5.41) is 23.2. The fraction of sp³-hybridized carbons (Fsp3) is 0.344. The van der Waals surface area contributed by atoms with E-state index in [1.54, 1.807) is 13.0 Å². The van der Waals surface area contributed by atoms with Crippen molar-refractivity contribution in [2.24, 2.45) is 5.92 Å². The van der Waals surface area contributed by atoms with Gasteiger partial charge in [0.25, 0.3) is 0 Å². The summed E-state index contributed by atoms with van der Waals surface area (Å²) in [6, 6.07) is 20.3. The Morgan fingerprint density at radius 2 is 1.46 bits per heavy atom. The normalized spacial score (nSPS) is 16.0. The van der Waals surface area contributed by atoms with Gasteiger partial charge in [-0.2, -0.15) is 26.3 Å². The molecule has 18 heteroatoms. The second-order valence-electron chi connectivity index (χ2n) is 10.9. The van der Waals surface area contributed by atoms with Crippen molar-refractivity contribution >= 4 is 29.6 Å². The number of rotatable bonds is 9. The molecule has 1 aromatic heterocycles. The van der Waals surface area contributed by atoms with Gasteiger partial charge in [0, 0.05) is 12.2 Å². The SMILES string of the molecule is Cc1nc(N)ccc1CNC(=O)[C@H](C)NC(=O)[C@H]1C[C@H](Cc2ccc(Oc3ccccc3)cc2)CN1.O=C(O)C(F)(F)F.O=C(O)C(F)(F)F. The van der Waals surface area contributed by atoms with E-state index in [0.717, 1.165) is 42.1 Å². The van der Waals surface area contributed by atoms with E-state index in [4.69, 9.17) is 30.3 Å². The summed E-state index contributed by atoms with van der Waals surface area (Å²) in [5.41, 5.74) is 8.53. The van der Waals surface area contributed by atoms with Crippen LogP contribution in [-0.4, -0.2) is 69.9 Å². The number of carbonyl (C=O) groups excluding carboxylic acids is 2. The highest BCUT2D eigenvalue weighted by Gasteiger charge is 2.39. The number of alkyl halides is 6. The number of nitrogens with one attached hydrogen (secondary N) is 3. The average molecular weight is 716 g/mol. The van der Waals surface area contributed by atoms with Crippen LogP contribution < -0.4 is 26.4 Å². The number of aryl methyl sites for hydroxylation is 1. The van der Waals surface area contributed by atoms with Crippen LogP contribution in [0.4, 0.5) is 32.2 Å². The minimum Gasteiger partial charge on any atom is -0.475 e. The number of pyridine rings is 1. The van der Waals surface area contributed by atoms with Gasteiger partial charge in [0.2, 0.25) is 11.8 Å². The lowest BCUT2D eigenvalue weighted by molar-refractivity contribution is -0.193. The van der Waals surface area contributed by atoms with Gasteiger partial charge in [0.1, 0.15) is 23.4 Å². The van der Waals surface area contributed by atoms with Gasteiger partial charge < -0.3 is 36.6 Å². The first-order valence-electron chi connectivity index (χ1n) is 14.7. The van der Waals surface area contributed by atoms with E-state index in [1.807, 2.05) is 55.5 Å². The molecule has 12 nitrogen and oxygen atoms in total. The van der Waals surface area contributed by atoms with Crippen LogP contribution in [0.5, 0.6) is 11.5 Å². The molecule has 1 aliphatic rings. The molecule has 2 amide bonds. The minimum absolute atomic E-state index is 0.155. The molecule has 0 radical (unpaired) electrons. The van der Waals surface area contributed by atoms with E-state index >= 15 is 0 Å². The summed E-state index contributed by atoms with van der Waals surface area (Å²) in [6.07, 6.45) is -8.58. The Bertz CT molecular complexity index is 1570. The lowest BCUT2D eigenvalue weighted by atomic mass is 9.96. The smallest absolute Gasteiger partial charge is 0.475 e. The number of carboxylic acid groups (broad SMARTS) is 2. The van der Waals surface area contributed by atoms with E-state index in [1.165, 1.54) is 5.56 Å². The number of halogens is 6. The predicted molar refractivity (Wildman–Crippen MR) is 167 cm³/mol. The molecule has 1 saturated heterocycles. The van der Waals surface area contributed by atoms with Crippen LogP contribution in [0, 0.1) is 12.8 Å². The summed E-state index contributed by atoms with van der Waals surface area (Å²) >= 11 is 0. The number of aromatic nitrogens is 1. The third-order valence-corrected chi connectivity index (χ3v) is 6.87. The van der Waals surface area contributed by atoms with Crippen molar-refractivity contribution in [3.63, 3.8) is 0 Å². The third kappa shape index (κ3) is 14.4. The van der Waals surface area contributed by atoms with Crippen molar-refractivity contribution < 1.29 is 60.5 Å². The van der Waals surface area contributed by atoms with Crippen molar-refractivity contribution in [1.82, 2.24) is 20.9 Å². The van der Waals surface area contributed by atoms with Gasteiger partial charge in [-0.3, -0.25) is 9.59 Å². The van der Waals surface area contributed by atoms with Crippen LogP contribution in [0.15, 0.2) is 66.7 Å². The summed E-state index contributed by atoms with van der Waals surface area (Å²) in [4.78, 5) is 47.2. The quantitative estimate of drug-likeness (QED) is 0.173. The summed E-state index contributed by atoms with van der Waals surface area (Å²) < 4.78 is 69.3. The second kappa shape index (κ2) is 18.4. The van der Waals surface area contributed by atoms with E-state index in [-0.39, 0.29) is 17.9 Å². The molecule has 1 fully saturated rings. The first-order chi connectivity index (χ1) is 23.3. The lowest BCUT2D eigenvalue weighted by Crippen LogP contribution is -2.50. The van der Waals surface area contributed by atoms with Gasteiger partial charge in [0.15, 0.2) is 0 Å². The number of nitrogens with zero attached hydrogens (tertiary/aromatic N) is 1. The number of nitrogens with two attached hydrogens (primary N) is 1. The summed E-state index contributed by atoms with van der Waals surface area (Å²) in [6.45, 7) is 4.62. The zero-order valence-corrected chi connectivity index (χ0v) is 26.6. The van der Waals surface area contributed by atoms with Crippen LogP contribution in [0.25, 0.3) is 0 Å². The molecule has 272 valence electrons. The summed E-state index contributed by atoms with van der Waals surface area (Å²) in [7, 11) is 0. The number of amides is 2. The number of hydrogen-bond donors (Lipinski definition) is 6. The Balaban J connectivity index is 0.000000521. The predicted octanol–water partition coefficient (Wildman–Crippen LogP) is 4.37. The zero-order chi connectivity index (χ0) is 37.6. The molecular formula is C32H35F6N5O7. The lowest BCUT2D eigenvalue weighted by Gasteiger charge is -2.17. The Morgan fingerprint density at radius 3 is 1.98 bits per heavy atom. The Labute approximate surface area is 282 Å². The Kier molecular flexibility index (Phi) is 15.0. The summed E-state index contributed by atoms with van der Waals surface area (Å²) in [5.74, 6) is -3.53. The molecule has 0 unspecified atom stereocenters. The molecule has 50 heavy (non-hydrogen) atoms. The first kappa shape index (κ1) is 40.8. The molecule has 0 saturated carbocycles. The van der Waals surface area contributed by atoms with E-state index in [2.05, 4.69) is 33.1 Å². The average Bonchev–Trinajstić information content (AvgIpc) is 3.50. The van der Waals surface area contributed by atoms with Crippen molar-refractivity contribution in [1.29, 1.82) is 0 Å². The van der Waals surface area contributed by atoms with E-state index < -0.39 is 30.3 Å². The molecular weight excluding hydrogens is 680 g/mol. The number of carbonyl (C=O) groups is 4. The number of benzene rings is 2. The van der Waals surface area contributed by atoms with Crippen molar-refractivity contribution in [3.05, 3.63) is 83.6 Å². The molecule has 2 heterocycles. The van der Waals surface area contributed by atoms with Gasteiger partial charge >= 0.3 is 24.3 Å². The number of aliphatic carboxylic acids is 2. The fourth-order valence-corrected chi connectivity index (χ4v) is 4.33. The number of nitrogen functional groups attached to an aromatic ring is 1. The first-order valence-corrected chi connectivity index (χ1v) is 14.7. The van der Waals surface area contributed by atoms with E-state index in [0.29, 0.717) is 18.3 Å². The third-order valence-electron chi connectivity index (χ3n) is 6.87. The van der Waals surface area contributed by atoms with Crippen LogP contribution in [0.1, 0.15) is 30.2 Å². The largest absolute Gasteiger partial charge is 0.490 e. The van der Waals surface area contributed by atoms with Gasteiger partial charge in [-0.1, -0.05) is 36.4 Å². The second-order valence-corrected chi connectivity index (χ2v) is 10.9. The number of carboxylic acids is 2. The molecule has 3 atom stereocenters. The topological polar surface area (TPSA) is 193 Å². The minimum atomic E-state index is -5.08. The highest BCUT2D eigenvalue weighted by Crippen LogP contribution is 2.24. The number of ether oxygens (including phenoxy) is 1. The molecule has 0 bridgehead atoms. The van der Waals surface area contributed by atoms with Crippen LogP contribution in [0.3, 0.4) is 0 Å². The monoisotopic (exact) mass is 715 g/mol. The molecule has 1 aliphatic heterocycles. The zero-order valence-electron chi connectivity index (χ0n) is 26.6. The highest BCUT2D eigenvalue weighted by molar-refractivity contribution is 5.89. The number of hydrogen-bond acceptors (Lipinski definition) is 8. The highest BCUT2D eigenvalue weighted by atomic mass is 19.4. The maximum absolute atomic E-state index is 12.7. The molecule has 0 aliphatic carbocycles. The molecule has 0 spiro atoms. The fourth-order valence-electron chi connectivity index (χ4n) is 4.33. The standard InChI is InChI=1S/C28H33N5O3.2C2HF3O2/c1-18-22(10-13-26(29)32-18)17-31-27(34)19(2)33-28(35)25-15-21(16-30-25)14-20-8-11-24(12-9-20)36-23-6-4-3-5-7-23;2*3-2(4,5)1(6)7/h3-13,19,21,25,30H,14-17H2,1-2H3,(H2,29,32)(H,31,34)(H,33,35);2*(H,6,7)/t19-,21-,25+;;/m0../s1. The van der Waals surface area contributed by atoms with Crippen LogP contribution >= 0.6 is 0 Å². The van der Waals surface area contributed by atoms with Crippen LogP contribution in [-0.2, 0) is 32.1 Å². The Morgan fingerprint density at radius 1 is 0.920 bits per heavy atom. The van der Waals surface area contributed by atoms with Gasteiger partial charge in [-0.15, -0.1) is 0 Å². The van der Waals surface area contributed by atoms with Gasteiger partial charge in [-0.25, -0.2) is 14.6 Å². The van der Waals surface area contributed by atoms with Gasteiger partial charge in [-0.05, 0) is 80.6 Å². The Hall–Kier alpha value is -5.39. The maximum Gasteiger partial charge on any atom is 0.490 e. The van der Waals surface area contributed by atoms with Crippen molar-refractivity contribution in [2.45, 2.75) is 57.7 Å². The molecule has 4 rings (SSSR count). The van der Waals surface area contributed by atoms with E-state index in [9.17, 15) is 35.9 Å². The van der Waals surface area contributed by atoms with Crippen LogP contribution in [0.2, 0.25) is 0 Å². The van der Waals surface area contributed by atoms with Crippen molar-refractivity contribution in [2.75, 3.05) is 12.3 Å². The molecule has 3 aromatic rings.